The van der Waals surface area contributed by atoms with Crippen LogP contribution in [0.3, 0.4) is 0 Å². The highest BCUT2D eigenvalue weighted by atomic mass is 35.5. The molecule has 1 aromatic carbocycles. The summed E-state index contributed by atoms with van der Waals surface area (Å²) in [6, 6.07) is 3.45. The first-order chi connectivity index (χ1) is 6.32. The third kappa shape index (κ3) is 3.36. The molecule has 0 aliphatic carbocycles. The van der Waals surface area contributed by atoms with Gasteiger partial charge < -0.3 is 10.8 Å². The lowest BCUT2D eigenvalue weighted by Gasteiger charge is -2.27. The van der Waals surface area contributed by atoms with Gasteiger partial charge in [-0.25, -0.2) is 4.39 Å². The van der Waals surface area contributed by atoms with Gasteiger partial charge in [-0.15, -0.1) is 12.4 Å². The second kappa shape index (κ2) is 4.81. The minimum absolute atomic E-state index is 0. The van der Waals surface area contributed by atoms with Gasteiger partial charge in [0, 0.05) is 11.6 Å². The number of benzene rings is 1. The van der Waals surface area contributed by atoms with Gasteiger partial charge >= 0.3 is 0 Å². The van der Waals surface area contributed by atoms with E-state index in [0.29, 0.717) is 5.56 Å². The monoisotopic (exact) mass is 233 g/mol. The Hall–Kier alpha value is -0.800. The summed E-state index contributed by atoms with van der Waals surface area (Å²) in [7, 11) is 0. The lowest BCUT2D eigenvalue weighted by molar-refractivity contribution is 0.316. The summed E-state index contributed by atoms with van der Waals surface area (Å²) in [6.45, 7) is 5.84. The van der Waals surface area contributed by atoms with Crippen molar-refractivity contribution >= 4 is 12.4 Å². The zero-order valence-electron chi connectivity index (χ0n) is 9.12. The second-order valence-electron chi connectivity index (χ2n) is 4.55. The summed E-state index contributed by atoms with van der Waals surface area (Å²) in [6.07, 6.45) is 0. The van der Waals surface area contributed by atoms with Crippen LogP contribution < -0.4 is 5.73 Å². The van der Waals surface area contributed by atoms with Gasteiger partial charge in [0.25, 0.3) is 0 Å². The fourth-order valence-electron chi connectivity index (χ4n) is 1.24. The first-order valence-electron chi connectivity index (χ1n) is 4.56. The molecule has 15 heavy (non-hydrogen) atoms. The number of halogens is 2. The Kier molecular flexibility index (Phi) is 4.56. The Morgan fingerprint density at radius 1 is 1.33 bits per heavy atom. The molecule has 0 spiro atoms. The third-order valence-corrected chi connectivity index (χ3v) is 2.26. The summed E-state index contributed by atoms with van der Waals surface area (Å²) in [5.74, 6) is -0.327. The molecule has 3 N–H and O–H groups in total. The first kappa shape index (κ1) is 14.2. The highest BCUT2D eigenvalue weighted by molar-refractivity contribution is 5.85. The van der Waals surface area contributed by atoms with Gasteiger partial charge in [-0.05, 0) is 23.6 Å². The quantitative estimate of drug-likeness (QED) is 0.783. The predicted octanol–water partition coefficient (Wildman–Crippen LogP) is 3.00. The molecule has 0 aromatic heterocycles. The zero-order valence-corrected chi connectivity index (χ0v) is 9.94. The van der Waals surface area contributed by atoms with E-state index in [1.807, 2.05) is 20.8 Å². The molecule has 0 aliphatic rings. The Morgan fingerprint density at radius 2 is 1.87 bits per heavy atom. The van der Waals surface area contributed by atoms with E-state index in [-0.39, 0.29) is 35.4 Å². The minimum Gasteiger partial charge on any atom is -0.508 e. The van der Waals surface area contributed by atoms with Crippen LogP contribution in [0.1, 0.15) is 32.4 Å². The standard InChI is InChI=1S/C11H16FNO.ClH/c1-11(2,3)10(13)8-6-7(12)4-5-9(8)14;/h4-6,10,14H,13H2,1-3H3;1H/t10-;/m0./s1. The third-order valence-electron chi connectivity index (χ3n) is 2.26. The number of rotatable bonds is 1. The summed E-state index contributed by atoms with van der Waals surface area (Å²) in [5.41, 5.74) is 6.17. The highest BCUT2D eigenvalue weighted by Gasteiger charge is 2.24. The van der Waals surface area contributed by atoms with Crippen molar-refractivity contribution in [2.45, 2.75) is 26.8 Å². The molecule has 0 bridgehead atoms. The van der Waals surface area contributed by atoms with Crippen molar-refractivity contribution < 1.29 is 9.50 Å². The lowest BCUT2D eigenvalue weighted by Crippen LogP contribution is -2.26. The van der Waals surface area contributed by atoms with Gasteiger partial charge in [0.1, 0.15) is 11.6 Å². The van der Waals surface area contributed by atoms with Crippen molar-refractivity contribution in [3.8, 4) is 5.75 Å². The van der Waals surface area contributed by atoms with Crippen LogP contribution >= 0.6 is 12.4 Å². The van der Waals surface area contributed by atoms with Crippen LogP contribution in [0, 0.1) is 11.2 Å². The molecule has 2 nitrogen and oxygen atoms in total. The van der Waals surface area contributed by atoms with Crippen LogP contribution in [0.15, 0.2) is 18.2 Å². The predicted molar refractivity (Wildman–Crippen MR) is 61.7 cm³/mol. The van der Waals surface area contributed by atoms with Crippen LogP contribution in [-0.4, -0.2) is 5.11 Å². The van der Waals surface area contributed by atoms with E-state index in [2.05, 4.69) is 0 Å². The number of nitrogens with two attached hydrogens (primary N) is 1. The maximum absolute atomic E-state index is 12.9. The SMILES string of the molecule is CC(C)(C)[C@@H](N)c1cc(F)ccc1O.Cl. The van der Waals surface area contributed by atoms with Crippen molar-refractivity contribution in [1.82, 2.24) is 0 Å². The molecule has 0 amide bonds. The van der Waals surface area contributed by atoms with E-state index in [4.69, 9.17) is 5.73 Å². The molecule has 0 radical (unpaired) electrons. The number of phenols is 1. The molecule has 0 unspecified atom stereocenters. The fraction of sp³-hybridized carbons (Fsp3) is 0.455. The van der Waals surface area contributed by atoms with Gasteiger partial charge in [0.2, 0.25) is 0 Å². The number of hydrogen-bond acceptors (Lipinski definition) is 2. The second-order valence-corrected chi connectivity index (χ2v) is 4.55. The van der Waals surface area contributed by atoms with E-state index in [0.717, 1.165) is 0 Å². The topological polar surface area (TPSA) is 46.2 Å². The van der Waals surface area contributed by atoms with Crippen molar-refractivity contribution in [3.63, 3.8) is 0 Å². The molecule has 0 aliphatic heterocycles. The van der Waals surface area contributed by atoms with Crippen molar-refractivity contribution in [2.24, 2.45) is 11.1 Å². The number of phenolic OH excluding ortho intramolecular Hbond substituents is 1. The molecule has 0 saturated carbocycles. The maximum atomic E-state index is 12.9. The Labute approximate surface area is 95.7 Å². The summed E-state index contributed by atoms with van der Waals surface area (Å²) in [5, 5.41) is 9.52. The highest BCUT2D eigenvalue weighted by Crippen LogP contribution is 2.35. The fourth-order valence-corrected chi connectivity index (χ4v) is 1.24. The van der Waals surface area contributed by atoms with Crippen LogP contribution in [0.4, 0.5) is 4.39 Å². The minimum atomic E-state index is -0.377. The average molecular weight is 234 g/mol. The normalized spacial score (nSPS) is 13.1. The smallest absolute Gasteiger partial charge is 0.123 e. The Balaban J connectivity index is 0.00000196. The number of hydrogen-bond donors (Lipinski definition) is 2. The van der Waals surface area contributed by atoms with Gasteiger partial charge in [-0.3, -0.25) is 0 Å². The van der Waals surface area contributed by atoms with Crippen LogP contribution in [0.25, 0.3) is 0 Å². The van der Waals surface area contributed by atoms with E-state index < -0.39 is 0 Å². The first-order valence-corrected chi connectivity index (χ1v) is 4.56. The summed E-state index contributed by atoms with van der Waals surface area (Å²) in [4.78, 5) is 0. The van der Waals surface area contributed by atoms with E-state index in [1.165, 1.54) is 18.2 Å². The molecule has 4 heteroatoms. The molecule has 0 fully saturated rings. The zero-order chi connectivity index (χ0) is 10.9. The van der Waals surface area contributed by atoms with Crippen molar-refractivity contribution in [3.05, 3.63) is 29.6 Å². The van der Waals surface area contributed by atoms with Gasteiger partial charge in [-0.2, -0.15) is 0 Å². The summed E-state index contributed by atoms with van der Waals surface area (Å²) < 4.78 is 12.9. The molecule has 0 saturated heterocycles. The van der Waals surface area contributed by atoms with E-state index in [9.17, 15) is 9.50 Å². The van der Waals surface area contributed by atoms with E-state index in [1.54, 1.807) is 0 Å². The molecule has 1 rings (SSSR count). The maximum Gasteiger partial charge on any atom is 0.123 e. The van der Waals surface area contributed by atoms with Crippen molar-refractivity contribution in [1.29, 1.82) is 0 Å². The molecular weight excluding hydrogens is 217 g/mol. The van der Waals surface area contributed by atoms with Crippen LogP contribution in [0.5, 0.6) is 5.75 Å². The average Bonchev–Trinajstić information content (AvgIpc) is 2.06. The van der Waals surface area contributed by atoms with Crippen LogP contribution in [0.2, 0.25) is 0 Å². The largest absolute Gasteiger partial charge is 0.508 e. The molecule has 0 heterocycles. The Morgan fingerprint density at radius 3 is 2.33 bits per heavy atom. The van der Waals surface area contributed by atoms with E-state index >= 15 is 0 Å². The number of aromatic hydroxyl groups is 1. The molecule has 1 atom stereocenters. The molecule has 86 valence electrons. The van der Waals surface area contributed by atoms with Gasteiger partial charge in [-0.1, -0.05) is 20.8 Å². The molecule has 1 aromatic rings. The lowest BCUT2D eigenvalue weighted by atomic mass is 9.83. The van der Waals surface area contributed by atoms with Gasteiger partial charge in [0.15, 0.2) is 0 Å². The summed E-state index contributed by atoms with van der Waals surface area (Å²) >= 11 is 0. The Bertz CT molecular complexity index is 336. The van der Waals surface area contributed by atoms with Crippen molar-refractivity contribution in [2.75, 3.05) is 0 Å². The van der Waals surface area contributed by atoms with Crippen LogP contribution in [-0.2, 0) is 0 Å². The molecular formula is C11H17ClFNO. The van der Waals surface area contributed by atoms with Gasteiger partial charge in [0.05, 0.1) is 0 Å².